The largest absolute Gasteiger partial charge is 0.491 e. The molecule has 0 saturated heterocycles. The molecule has 6 nitrogen and oxygen atoms in total. The van der Waals surface area contributed by atoms with Crippen LogP contribution in [-0.4, -0.2) is 32.1 Å². The number of carbonyl (C=O) groups excluding carboxylic acids is 2. The van der Waals surface area contributed by atoms with Gasteiger partial charge in [0.2, 0.25) is 0 Å². The van der Waals surface area contributed by atoms with Gasteiger partial charge in [-0.15, -0.1) is 0 Å². The van der Waals surface area contributed by atoms with Crippen molar-refractivity contribution < 1.29 is 19.1 Å². The lowest BCUT2D eigenvalue weighted by Crippen LogP contribution is -2.28. The molecule has 0 heterocycles. The highest BCUT2D eigenvalue weighted by atomic mass is 16.5. The third-order valence-electron chi connectivity index (χ3n) is 4.74. The smallest absolute Gasteiger partial charge is 0.255 e. The Kier molecular flexibility index (Phi) is 7.79. The van der Waals surface area contributed by atoms with Gasteiger partial charge in [-0.25, -0.2) is 0 Å². The summed E-state index contributed by atoms with van der Waals surface area (Å²) in [6, 6.07) is 23.3. The van der Waals surface area contributed by atoms with Crippen molar-refractivity contribution in [3.8, 4) is 5.75 Å². The van der Waals surface area contributed by atoms with Gasteiger partial charge in [0.15, 0.2) is 0 Å². The molecule has 2 N–H and O–H groups in total. The summed E-state index contributed by atoms with van der Waals surface area (Å²) < 4.78 is 10.5. The van der Waals surface area contributed by atoms with E-state index < -0.39 is 0 Å². The standard InChI is InChI=1S/C25H26N2O4/c1-18(19-8-4-3-5-9-19)26-25(29)22-10-6-7-11-23(22)27-24(28)20-12-14-21(15-13-20)31-17-16-30-2/h3-15,18H,16-17H2,1-2H3,(H,26,29)(H,27,28). The summed E-state index contributed by atoms with van der Waals surface area (Å²) in [5, 5.41) is 5.81. The number of methoxy groups -OCH3 is 1. The SMILES string of the molecule is COCCOc1ccc(C(=O)Nc2ccccc2C(=O)NC(C)c2ccccc2)cc1. The summed E-state index contributed by atoms with van der Waals surface area (Å²) >= 11 is 0. The quantitative estimate of drug-likeness (QED) is 0.503. The average Bonchev–Trinajstić information content (AvgIpc) is 2.80. The van der Waals surface area contributed by atoms with E-state index >= 15 is 0 Å². The number of rotatable bonds is 9. The van der Waals surface area contributed by atoms with Crippen LogP contribution < -0.4 is 15.4 Å². The normalized spacial score (nSPS) is 11.4. The molecule has 0 bridgehead atoms. The van der Waals surface area contributed by atoms with E-state index in [2.05, 4.69) is 10.6 Å². The summed E-state index contributed by atoms with van der Waals surface area (Å²) in [6.45, 7) is 2.85. The summed E-state index contributed by atoms with van der Waals surface area (Å²) in [5.74, 6) is 0.0946. The van der Waals surface area contributed by atoms with Crippen LogP contribution in [0.25, 0.3) is 0 Å². The molecular weight excluding hydrogens is 392 g/mol. The van der Waals surface area contributed by atoms with Crippen LogP contribution in [0.4, 0.5) is 5.69 Å². The molecule has 0 aromatic heterocycles. The predicted octanol–water partition coefficient (Wildman–Crippen LogP) is 4.46. The molecule has 1 unspecified atom stereocenters. The summed E-state index contributed by atoms with van der Waals surface area (Å²) in [4.78, 5) is 25.5. The Balaban J connectivity index is 1.67. The first-order valence-corrected chi connectivity index (χ1v) is 10.1. The van der Waals surface area contributed by atoms with Crippen LogP contribution in [0, 0.1) is 0 Å². The number of ether oxygens (including phenoxy) is 2. The number of amides is 2. The van der Waals surface area contributed by atoms with E-state index in [-0.39, 0.29) is 17.9 Å². The zero-order chi connectivity index (χ0) is 22.1. The fraction of sp³-hybridized carbons (Fsp3) is 0.200. The van der Waals surface area contributed by atoms with E-state index in [1.54, 1.807) is 55.6 Å². The van der Waals surface area contributed by atoms with Crippen molar-refractivity contribution in [2.45, 2.75) is 13.0 Å². The highest BCUT2D eigenvalue weighted by molar-refractivity contribution is 6.09. The lowest BCUT2D eigenvalue weighted by molar-refractivity contribution is 0.0940. The maximum atomic E-state index is 12.8. The second-order valence-corrected chi connectivity index (χ2v) is 6.97. The number of anilines is 1. The predicted molar refractivity (Wildman–Crippen MR) is 121 cm³/mol. The van der Waals surface area contributed by atoms with E-state index in [0.717, 1.165) is 5.56 Å². The minimum Gasteiger partial charge on any atom is -0.491 e. The van der Waals surface area contributed by atoms with Crippen LogP contribution in [0.15, 0.2) is 78.9 Å². The topological polar surface area (TPSA) is 76.7 Å². The minimum atomic E-state index is -0.306. The van der Waals surface area contributed by atoms with E-state index in [1.807, 2.05) is 37.3 Å². The molecule has 0 aliphatic rings. The third-order valence-corrected chi connectivity index (χ3v) is 4.74. The van der Waals surface area contributed by atoms with Gasteiger partial charge < -0.3 is 20.1 Å². The molecule has 0 aliphatic carbocycles. The van der Waals surface area contributed by atoms with Crippen LogP contribution in [0.3, 0.4) is 0 Å². The van der Waals surface area contributed by atoms with Crippen molar-refractivity contribution in [2.24, 2.45) is 0 Å². The molecule has 0 saturated carbocycles. The molecule has 3 aromatic carbocycles. The Bertz CT molecular complexity index is 1000. The van der Waals surface area contributed by atoms with E-state index in [4.69, 9.17) is 9.47 Å². The van der Waals surface area contributed by atoms with Crippen molar-refractivity contribution in [1.82, 2.24) is 5.32 Å². The molecule has 1 atom stereocenters. The first-order chi connectivity index (χ1) is 15.1. The van der Waals surface area contributed by atoms with Crippen LogP contribution in [0.2, 0.25) is 0 Å². The molecule has 3 rings (SSSR count). The number of para-hydroxylation sites is 1. The average molecular weight is 418 g/mol. The van der Waals surface area contributed by atoms with Crippen LogP contribution in [-0.2, 0) is 4.74 Å². The van der Waals surface area contributed by atoms with Gasteiger partial charge in [0.25, 0.3) is 11.8 Å². The van der Waals surface area contributed by atoms with Crippen LogP contribution >= 0.6 is 0 Å². The third kappa shape index (κ3) is 6.17. The number of hydrogen-bond donors (Lipinski definition) is 2. The summed E-state index contributed by atoms with van der Waals surface area (Å²) in [7, 11) is 1.61. The van der Waals surface area contributed by atoms with E-state index in [9.17, 15) is 9.59 Å². The van der Waals surface area contributed by atoms with Gasteiger partial charge in [-0.2, -0.15) is 0 Å². The monoisotopic (exact) mass is 418 g/mol. The fourth-order valence-electron chi connectivity index (χ4n) is 3.03. The molecule has 6 heteroatoms. The number of nitrogens with one attached hydrogen (secondary N) is 2. The molecule has 2 amide bonds. The van der Waals surface area contributed by atoms with Gasteiger partial charge in [-0.1, -0.05) is 42.5 Å². The fourth-order valence-corrected chi connectivity index (χ4v) is 3.03. The molecule has 31 heavy (non-hydrogen) atoms. The Morgan fingerprint density at radius 2 is 1.52 bits per heavy atom. The number of carbonyl (C=O) groups is 2. The van der Waals surface area contributed by atoms with Crippen LogP contribution in [0.5, 0.6) is 5.75 Å². The second kappa shape index (κ2) is 10.9. The maximum Gasteiger partial charge on any atom is 0.255 e. The zero-order valence-electron chi connectivity index (χ0n) is 17.6. The molecule has 0 fully saturated rings. The molecule has 0 radical (unpaired) electrons. The molecule has 160 valence electrons. The van der Waals surface area contributed by atoms with Crippen molar-refractivity contribution in [2.75, 3.05) is 25.6 Å². The summed E-state index contributed by atoms with van der Waals surface area (Å²) in [6.07, 6.45) is 0. The van der Waals surface area contributed by atoms with Crippen molar-refractivity contribution >= 4 is 17.5 Å². The van der Waals surface area contributed by atoms with Gasteiger partial charge in [0.05, 0.1) is 23.9 Å². The second-order valence-electron chi connectivity index (χ2n) is 6.97. The van der Waals surface area contributed by atoms with Gasteiger partial charge in [0, 0.05) is 12.7 Å². The Hall–Kier alpha value is -3.64. The number of benzene rings is 3. The van der Waals surface area contributed by atoms with E-state index in [1.165, 1.54) is 0 Å². The van der Waals surface area contributed by atoms with Gasteiger partial charge >= 0.3 is 0 Å². The maximum absolute atomic E-state index is 12.8. The van der Waals surface area contributed by atoms with Crippen molar-refractivity contribution in [1.29, 1.82) is 0 Å². The zero-order valence-corrected chi connectivity index (χ0v) is 17.6. The van der Waals surface area contributed by atoms with Crippen molar-refractivity contribution in [3.05, 3.63) is 95.6 Å². The lowest BCUT2D eigenvalue weighted by atomic mass is 10.1. The lowest BCUT2D eigenvalue weighted by Gasteiger charge is -2.16. The first kappa shape index (κ1) is 22.1. The highest BCUT2D eigenvalue weighted by Gasteiger charge is 2.16. The number of hydrogen-bond acceptors (Lipinski definition) is 4. The summed E-state index contributed by atoms with van der Waals surface area (Å²) in [5.41, 5.74) is 2.32. The highest BCUT2D eigenvalue weighted by Crippen LogP contribution is 2.20. The molecule has 3 aromatic rings. The Morgan fingerprint density at radius 1 is 0.839 bits per heavy atom. The Morgan fingerprint density at radius 3 is 2.23 bits per heavy atom. The van der Waals surface area contributed by atoms with E-state index in [0.29, 0.717) is 35.8 Å². The van der Waals surface area contributed by atoms with Gasteiger partial charge in [-0.3, -0.25) is 9.59 Å². The first-order valence-electron chi connectivity index (χ1n) is 10.1. The molecule has 0 spiro atoms. The van der Waals surface area contributed by atoms with Gasteiger partial charge in [0.1, 0.15) is 12.4 Å². The Labute approximate surface area is 182 Å². The van der Waals surface area contributed by atoms with Crippen LogP contribution in [0.1, 0.15) is 39.2 Å². The molecule has 0 aliphatic heterocycles. The minimum absolute atomic E-state index is 0.164. The molecular formula is C25H26N2O4. The van der Waals surface area contributed by atoms with Crippen molar-refractivity contribution in [3.63, 3.8) is 0 Å². The van der Waals surface area contributed by atoms with Gasteiger partial charge in [-0.05, 0) is 48.9 Å².